The van der Waals surface area contributed by atoms with E-state index in [2.05, 4.69) is 30.1 Å². The number of hydrogen-bond acceptors (Lipinski definition) is 3. The SMILES string of the molecule is Cc1n[c-]nc(N)c1C.[CH2-]CCC.[U+2]. The number of nitrogen functional groups attached to an aromatic ring is 1. The summed E-state index contributed by atoms with van der Waals surface area (Å²) in [6.45, 7) is 9.49. The van der Waals surface area contributed by atoms with Gasteiger partial charge in [-0.3, -0.25) is 0 Å². The monoisotopic (exact) mass is 417 g/mol. The third kappa shape index (κ3) is 6.40. The van der Waals surface area contributed by atoms with Crippen LogP contribution in [-0.2, 0) is 0 Å². The molecule has 0 aromatic carbocycles. The van der Waals surface area contributed by atoms with Crippen LogP contribution in [0.4, 0.5) is 5.82 Å². The Morgan fingerprint density at radius 2 is 1.86 bits per heavy atom. The van der Waals surface area contributed by atoms with Crippen molar-refractivity contribution in [2.45, 2.75) is 33.6 Å². The van der Waals surface area contributed by atoms with Crippen molar-refractivity contribution < 1.29 is 31.1 Å². The summed E-state index contributed by atoms with van der Waals surface area (Å²) < 4.78 is 0. The second kappa shape index (κ2) is 9.49. The number of rotatable bonds is 1. The largest absolute Gasteiger partial charge is 2.00 e. The minimum Gasteiger partial charge on any atom is -0.435 e. The number of nitrogens with two attached hydrogens (primary N) is 1. The van der Waals surface area contributed by atoms with Crippen molar-refractivity contribution in [2.75, 3.05) is 5.73 Å². The van der Waals surface area contributed by atoms with Crippen molar-refractivity contribution in [1.82, 2.24) is 9.97 Å². The van der Waals surface area contributed by atoms with E-state index in [9.17, 15) is 0 Å². The minimum absolute atomic E-state index is 0. The third-order valence-electron chi connectivity index (χ3n) is 1.67. The maximum atomic E-state index is 5.44. The Balaban J connectivity index is 0. The summed E-state index contributed by atoms with van der Waals surface area (Å²) in [6.07, 6.45) is 4.72. The molecule has 1 aromatic heterocycles. The molecule has 0 saturated heterocycles. The Labute approximate surface area is 110 Å². The zero-order chi connectivity index (χ0) is 10.3. The average molecular weight is 417 g/mol. The van der Waals surface area contributed by atoms with Crippen molar-refractivity contribution in [3.8, 4) is 0 Å². The van der Waals surface area contributed by atoms with Gasteiger partial charge in [-0.1, -0.05) is 38.4 Å². The second-order valence-corrected chi connectivity index (χ2v) is 2.77. The number of aromatic nitrogens is 2. The molecule has 3 nitrogen and oxygen atoms in total. The zero-order valence-corrected chi connectivity index (χ0v) is 13.3. The van der Waals surface area contributed by atoms with Crippen molar-refractivity contribution in [2.24, 2.45) is 0 Å². The summed E-state index contributed by atoms with van der Waals surface area (Å²) in [5, 5.41) is 0. The molecule has 2 N–H and O–H groups in total. The van der Waals surface area contributed by atoms with Crippen LogP contribution in [0, 0.1) is 58.2 Å². The molecule has 0 fully saturated rings. The van der Waals surface area contributed by atoms with E-state index in [1.54, 1.807) is 0 Å². The van der Waals surface area contributed by atoms with Gasteiger partial charge in [-0.25, -0.2) is 0 Å². The fourth-order valence-electron chi connectivity index (χ4n) is 0.507. The molecule has 0 saturated carbocycles. The van der Waals surface area contributed by atoms with Crippen molar-refractivity contribution in [1.29, 1.82) is 0 Å². The minimum atomic E-state index is 0. The smallest absolute Gasteiger partial charge is 0.435 e. The van der Waals surface area contributed by atoms with E-state index in [0.717, 1.165) is 17.7 Å². The number of aryl methyl sites for hydroxylation is 1. The van der Waals surface area contributed by atoms with Crippen LogP contribution in [0.5, 0.6) is 0 Å². The Morgan fingerprint density at radius 1 is 1.36 bits per heavy atom. The summed E-state index contributed by atoms with van der Waals surface area (Å²) in [6, 6.07) is 0. The van der Waals surface area contributed by atoms with Crippen LogP contribution in [0.25, 0.3) is 0 Å². The molecule has 0 unspecified atom stereocenters. The topological polar surface area (TPSA) is 51.8 Å². The van der Waals surface area contributed by atoms with E-state index >= 15 is 0 Å². The van der Waals surface area contributed by atoms with Gasteiger partial charge in [0.25, 0.3) is 0 Å². The van der Waals surface area contributed by atoms with E-state index < -0.39 is 0 Å². The molecular formula is C10H17N3U. The van der Waals surface area contributed by atoms with E-state index in [1.165, 1.54) is 6.42 Å². The fraction of sp³-hybridized carbons (Fsp3) is 0.500. The Bertz CT molecular complexity index is 229. The van der Waals surface area contributed by atoms with Gasteiger partial charge in [0.1, 0.15) is 0 Å². The number of unbranched alkanes of at least 4 members (excludes halogenated alkanes) is 1. The Morgan fingerprint density at radius 3 is 2.14 bits per heavy atom. The fourth-order valence-corrected chi connectivity index (χ4v) is 0.507. The Kier molecular flexibility index (Phi) is 11.1. The van der Waals surface area contributed by atoms with Gasteiger partial charge in [-0.2, -0.15) is 6.42 Å². The van der Waals surface area contributed by atoms with Crippen molar-refractivity contribution in [3.63, 3.8) is 0 Å². The van der Waals surface area contributed by atoms with Crippen LogP contribution in [0.3, 0.4) is 0 Å². The van der Waals surface area contributed by atoms with Gasteiger partial charge in [-0.15, -0.1) is 0 Å². The molecular weight excluding hydrogens is 400 g/mol. The van der Waals surface area contributed by atoms with Crippen LogP contribution < -0.4 is 5.73 Å². The maximum Gasteiger partial charge on any atom is 2.00 e. The molecule has 1 aromatic rings. The van der Waals surface area contributed by atoms with Crippen LogP contribution in [0.1, 0.15) is 31.0 Å². The van der Waals surface area contributed by atoms with Crippen LogP contribution in [0.15, 0.2) is 0 Å². The van der Waals surface area contributed by atoms with Crippen LogP contribution in [0.2, 0.25) is 0 Å². The second-order valence-electron chi connectivity index (χ2n) is 2.77. The molecule has 0 aliphatic carbocycles. The van der Waals surface area contributed by atoms with Gasteiger partial charge in [0.05, 0.1) is 0 Å². The van der Waals surface area contributed by atoms with Gasteiger partial charge in [0.15, 0.2) is 0 Å². The van der Waals surface area contributed by atoms with Crippen LogP contribution >= 0.6 is 0 Å². The molecule has 0 spiro atoms. The summed E-state index contributed by atoms with van der Waals surface area (Å²) in [4.78, 5) is 7.50. The number of anilines is 1. The van der Waals surface area contributed by atoms with E-state index in [1.807, 2.05) is 13.8 Å². The third-order valence-corrected chi connectivity index (χ3v) is 1.67. The molecule has 0 bridgehead atoms. The van der Waals surface area contributed by atoms with Gasteiger partial charge in [-0.05, 0) is 0 Å². The van der Waals surface area contributed by atoms with Gasteiger partial charge < -0.3 is 22.6 Å². The average Bonchev–Trinajstić information content (AvgIpc) is 2.14. The number of nitrogens with zero attached hydrogens (tertiary/aromatic N) is 2. The zero-order valence-electron chi connectivity index (χ0n) is 9.09. The summed E-state index contributed by atoms with van der Waals surface area (Å²) in [7, 11) is 0. The molecule has 76 valence electrons. The molecule has 0 atom stereocenters. The molecule has 4 heteroatoms. The first-order valence-corrected chi connectivity index (χ1v) is 4.39. The standard InChI is InChI=1S/C6H8N3.C4H9.U/c1-4-5(2)8-3-9-6(4)7;1-3-4-2;/h1-2H3,(H2,7,8,9);1,3-4H2,2H3;/q2*-1;+2. The first-order valence-electron chi connectivity index (χ1n) is 4.39. The summed E-state index contributed by atoms with van der Waals surface area (Å²) in [5.41, 5.74) is 7.27. The Hall–Kier alpha value is -0.0681. The van der Waals surface area contributed by atoms with Gasteiger partial charge >= 0.3 is 31.1 Å². The van der Waals surface area contributed by atoms with E-state index in [0.29, 0.717) is 5.82 Å². The van der Waals surface area contributed by atoms with Crippen molar-refractivity contribution >= 4 is 5.82 Å². The molecule has 1 rings (SSSR count). The molecule has 0 amide bonds. The number of hydrogen-bond donors (Lipinski definition) is 1. The maximum absolute atomic E-state index is 5.44. The predicted molar refractivity (Wildman–Crippen MR) is 55.0 cm³/mol. The molecule has 1 heterocycles. The summed E-state index contributed by atoms with van der Waals surface area (Å²) in [5.74, 6) is 0.516. The van der Waals surface area contributed by atoms with Crippen LogP contribution in [-0.4, -0.2) is 9.97 Å². The van der Waals surface area contributed by atoms with Gasteiger partial charge in [0, 0.05) is 12.1 Å². The normalized spacial score (nSPS) is 8.29. The van der Waals surface area contributed by atoms with E-state index in [4.69, 9.17) is 5.73 Å². The predicted octanol–water partition coefficient (Wildman–Crippen LogP) is 2.10. The molecule has 0 aliphatic heterocycles. The van der Waals surface area contributed by atoms with Crippen molar-refractivity contribution in [3.05, 3.63) is 24.5 Å². The molecule has 14 heavy (non-hydrogen) atoms. The molecule has 0 aliphatic rings. The first-order chi connectivity index (χ1) is 6.13. The molecule has 0 radical (unpaired) electrons. The van der Waals surface area contributed by atoms with E-state index in [-0.39, 0.29) is 31.1 Å². The summed E-state index contributed by atoms with van der Waals surface area (Å²) >= 11 is 0. The first kappa shape index (κ1) is 16.4. The van der Waals surface area contributed by atoms with Gasteiger partial charge in [0.2, 0.25) is 0 Å². The quantitative estimate of drug-likeness (QED) is 0.713.